The molecule has 2 aliphatic heterocycles. The Morgan fingerprint density at radius 3 is 2.49 bits per heavy atom. The molecule has 0 bridgehead atoms. The van der Waals surface area contributed by atoms with Gasteiger partial charge in [0.25, 0.3) is 0 Å². The number of nitrogens with zero attached hydrogens (tertiary/aromatic N) is 5. The first kappa shape index (κ1) is 25.7. The molecule has 2 fully saturated rings. The first-order valence-electron chi connectivity index (χ1n) is 11.5. The van der Waals surface area contributed by atoms with Crippen molar-refractivity contribution in [3.8, 4) is 10.6 Å². The van der Waals surface area contributed by atoms with Crippen LogP contribution in [0.15, 0.2) is 6.20 Å². The molecule has 0 atom stereocenters. The Bertz CT molecular complexity index is 1200. The van der Waals surface area contributed by atoms with Crippen LogP contribution in [0.4, 0.5) is 15.1 Å². The number of thiazole rings is 1. The molecule has 4 heterocycles. The summed E-state index contributed by atoms with van der Waals surface area (Å²) in [6.45, 7) is 9.16. The summed E-state index contributed by atoms with van der Waals surface area (Å²) < 4.78 is 45.0. The van der Waals surface area contributed by atoms with Crippen molar-refractivity contribution in [2.24, 2.45) is 0 Å². The number of sulfonamides is 1. The number of amides is 1. The van der Waals surface area contributed by atoms with Crippen molar-refractivity contribution in [3.63, 3.8) is 0 Å². The molecule has 0 aliphatic carbocycles. The topological polar surface area (TPSA) is 118 Å². The Hall–Kier alpha value is -2.38. The Morgan fingerprint density at radius 1 is 1.23 bits per heavy atom. The van der Waals surface area contributed by atoms with Crippen LogP contribution in [0.2, 0.25) is 0 Å². The molecule has 4 rings (SSSR count). The van der Waals surface area contributed by atoms with Crippen LogP contribution in [-0.2, 0) is 14.8 Å². The number of likely N-dealkylation sites (tertiary alicyclic amines) is 1. The van der Waals surface area contributed by atoms with E-state index in [0.29, 0.717) is 55.5 Å². The van der Waals surface area contributed by atoms with Gasteiger partial charge in [-0.2, -0.15) is 0 Å². The zero-order valence-electron chi connectivity index (χ0n) is 20.5. The number of halogens is 1. The van der Waals surface area contributed by atoms with E-state index in [-0.39, 0.29) is 23.7 Å². The first-order chi connectivity index (χ1) is 16.3. The standard InChI is InChI=1S/C22H31FN6O4S2/c1-13-18(34-19(25-13)14-11-28(12-14)21(30)33-22(2,3)4)17-16(23)10-24-20(27-17)26-15-6-8-29(9-7-15)35(5,31)32/h10,14-15H,6-9,11-12H2,1-5H3,(H,24,26,27). The fourth-order valence-electron chi connectivity index (χ4n) is 4.03. The number of rotatable bonds is 5. The number of ether oxygens (including phenoxy) is 1. The Kier molecular flexibility index (Phi) is 7.04. The van der Waals surface area contributed by atoms with Gasteiger partial charge >= 0.3 is 6.09 Å². The van der Waals surface area contributed by atoms with Crippen LogP contribution in [0.25, 0.3) is 10.6 Å². The highest BCUT2D eigenvalue weighted by Gasteiger charge is 2.37. The maximum Gasteiger partial charge on any atom is 0.410 e. The number of carbonyl (C=O) groups is 1. The van der Waals surface area contributed by atoms with Crippen LogP contribution in [0.3, 0.4) is 0 Å². The molecular weight excluding hydrogens is 495 g/mol. The summed E-state index contributed by atoms with van der Waals surface area (Å²) in [5.74, 6) is -0.166. The highest BCUT2D eigenvalue weighted by atomic mass is 32.2. The van der Waals surface area contributed by atoms with E-state index >= 15 is 0 Å². The lowest BCUT2D eigenvalue weighted by Crippen LogP contribution is -2.50. The minimum atomic E-state index is -3.20. The molecule has 2 aromatic rings. The maximum atomic E-state index is 14.7. The van der Waals surface area contributed by atoms with Gasteiger partial charge in [-0.15, -0.1) is 11.3 Å². The maximum absolute atomic E-state index is 14.7. The summed E-state index contributed by atoms with van der Waals surface area (Å²) in [6, 6.07) is -0.00163. The third kappa shape index (κ3) is 6.07. The third-order valence-electron chi connectivity index (χ3n) is 5.91. The van der Waals surface area contributed by atoms with E-state index in [1.54, 1.807) is 4.90 Å². The highest BCUT2D eigenvalue weighted by Crippen LogP contribution is 2.37. The van der Waals surface area contributed by atoms with Crippen LogP contribution < -0.4 is 5.32 Å². The molecule has 192 valence electrons. The number of piperidine rings is 1. The van der Waals surface area contributed by atoms with Gasteiger partial charge in [-0.3, -0.25) is 0 Å². The largest absolute Gasteiger partial charge is 0.444 e. The number of hydrogen-bond donors (Lipinski definition) is 1. The van der Waals surface area contributed by atoms with Gasteiger partial charge in [-0.1, -0.05) is 0 Å². The Balaban J connectivity index is 1.42. The molecule has 0 aromatic carbocycles. The monoisotopic (exact) mass is 526 g/mol. The summed E-state index contributed by atoms with van der Waals surface area (Å²) in [5.41, 5.74) is 0.306. The van der Waals surface area contributed by atoms with Crippen molar-refractivity contribution < 1.29 is 22.3 Å². The number of carbonyl (C=O) groups excluding carboxylic acids is 1. The molecule has 1 amide bonds. The van der Waals surface area contributed by atoms with Crippen molar-refractivity contribution in [1.82, 2.24) is 24.2 Å². The van der Waals surface area contributed by atoms with Gasteiger partial charge < -0.3 is 15.0 Å². The molecule has 2 aliphatic rings. The number of aryl methyl sites for hydroxylation is 1. The average Bonchev–Trinajstić information content (AvgIpc) is 3.07. The molecule has 2 saturated heterocycles. The van der Waals surface area contributed by atoms with Crippen LogP contribution in [0.5, 0.6) is 0 Å². The number of anilines is 1. The molecule has 0 spiro atoms. The lowest BCUT2D eigenvalue weighted by Gasteiger charge is -2.38. The molecule has 0 radical (unpaired) electrons. The van der Waals surface area contributed by atoms with Crippen molar-refractivity contribution in [3.05, 3.63) is 22.7 Å². The normalized spacial score (nSPS) is 18.4. The molecule has 1 N–H and O–H groups in total. The second-order valence-electron chi connectivity index (χ2n) is 10.0. The van der Waals surface area contributed by atoms with E-state index in [0.717, 1.165) is 11.2 Å². The molecule has 13 heteroatoms. The zero-order chi connectivity index (χ0) is 25.5. The third-order valence-corrected chi connectivity index (χ3v) is 8.54. The predicted octanol–water partition coefficient (Wildman–Crippen LogP) is 3.22. The number of aromatic nitrogens is 3. The summed E-state index contributed by atoms with van der Waals surface area (Å²) in [4.78, 5) is 27.6. The van der Waals surface area contributed by atoms with Crippen molar-refractivity contribution in [1.29, 1.82) is 0 Å². The lowest BCUT2D eigenvalue weighted by atomic mass is 10.0. The van der Waals surface area contributed by atoms with Gasteiger partial charge in [0, 0.05) is 38.1 Å². The van der Waals surface area contributed by atoms with E-state index in [1.807, 2.05) is 27.7 Å². The van der Waals surface area contributed by atoms with E-state index < -0.39 is 21.4 Å². The van der Waals surface area contributed by atoms with Crippen LogP contribution in [0.1, 0.15) is 50.2 Å². The average molecular weight is 527 g/mol. The van der Waals surface area contributed by atoms with Crippen molar-refractivity contribution in [2.75, 3.05) is 37.8 Å². The second-order valence-corrected chi connectivity index (χ2v) is 13.0. The first-order valence-corrected chi connectivity index (χ1v) is 14.2. The number of nitrogens with one attached hydrogen (secondary N) is 1. The van der Waals surface area contributed by atoms with E-state index in [2.05, 4.69) is 20.3 Å². The smallest absolute Gasteiger partial charge is 0.410 e. The Morgan fingerprint density at radius 2 is 1.89 bits per heavy atom. The second kappa shape index (κ2) is 9.58. The lowest BCUT2D eigenvalue weighted by molar-refractivity contribution is 0.00817. The fraction of sp³-hybridized carbons (Fsp3) is 0.636. The van der Waals surface area contributed by atoms with Crippen LogP contribution in [-0.4, -0.2) is 82.7 Å². The van der Waals surface area contributed by atoms with Gasteiger partial charge in [-0.05, 0) is 40.5 Å². The van der Waals surface area contributed by atoms with E-state index in [4.69, 9.17) is 4.74 Å². The predicted molar refractivity (Wildman–Crippen MR) is 131 cm³/mol. The molecule has 0 unspecified atom stereocenters. The highest BCUT2D eigenvalue weighted by molar-refractivity contribution is 7.88. The van der Waals surface area contributed by atoms with Gasteiger partial charge in [0.2, 0.25) is 16.0 Å². The molecular formula is C22H31FN6O4S2. The van der Waals surface area contributed by atoms with Gasteiger partial charge in [0.1, 0.15) is 16.3 Å². The Labute approximate surface area is 209 Å². The zero-order valence-corrected chi connectivity index (χ0v) is 22.2. The molecule has 35 heavy (non-hydrogen) atoms. The van der Waals surface area contributed by atoms with Gasteiger partial charge in [0.15, 0.2) is 5.82 Å². The van der Waals surface area contributed by atoms with Crippen molar-refractivity contribution in [2.45, 2.75) is 58.1 Å². The van der Waals surface area contributed by atoms with Gasteiger partial charge in [-0.25, -0.2) is 36.9 Å². The molecule has 2 aromatic heterocycles. The quantitative estimate of drug-likeness (QED) is 0.631. The summed E-state index contributed by atoms with van der Waals surface area (Å²) >= 11 is 1.37. The fourth-order valence-corrected chi connectivity index (χ4v) is 6.05. The minimum Gasteiger partial charge on any atom is -0.444 e. The minimum absolute atomic E-state index is 0.00163. The number of hydrogen-bond acceptors (Lipinski definition) is 9. The summed E-state index contributed by atoms with van der Waals surface area (Å²) in [5, 5.41) is 4.05. The summed E-state index contributed by atoms with van der Waals surface area (Å²) in [7, 11) is -3.20. The van der Waals surface area contributed by atoms with E-state index in [9.17, 15) is 17.6 Å². The van der Waals surface area contributed by atoms with Crippen LogP contribution >= 0.6 is 11.3 Å². The molecule has 10 nitrogen and oxygen atoms in total. The SMILES string of the molecule is Cc1nc(C2CN(C(=O)OC(C)(C)C)C2)sc1-c1nc(NC2CCN(S(C)(=O)=O)CC2)ncc1F. The van der Waals surface area contributed by atoms with Crippen molar-refractivity contribution >= 4 is 33.4 Å². The summed E-state index contributed by atoms with van der Waals surface area (Å²) in [6.07, 6.45) is 3.23. The molecule has 0 saturated carbocycles. The van der Waals surface area contributed by atoms with Crippen LogP contribution in [0, 0.1) is 12.7 Å². The van der Waals surface area contributed by atoms with Gasteiger partial charge in [0.05, 0.1) is 23.0 Å². The van der Waals surface area contributed by atoms with E-state index in [1.165, 1.54) is 21.9 Å².